The van der Waals surface area contributed by atoms with Crippen LogP contribution in [0, 0.1) is 29.9 Å². The van der Waals surface area contributed by atoms with Gasteiger partial charge in [-0.15, -0.1) is 0 Å². The molecule has 174 valence electrons. The zero-order chi connectivity index (χ0) is 24.0. The molecule has 0 aromatic heterocycles. The number of benzene rings is 3. The average Bonchev–Trinajstić information content (AvgIpc) is 3.30. The molecule has 0 fully saturated rings. The molecule has 0 unspecified atom stereocenters. The van der Waals surface area contributed by atoms with Crippen molar-refractivity contribution in [1.29, 1.82) is 0 Å². The number of sulfonamides is 1. The number of nitrogens with one attached hydrogen (secondary N) is 2. The molecule has 3 aromatic carbocycles. The Balaban J connectivity index is 1.49. The lowest BCUT2D eigenvalue weighted by atomic mass is 9.77. The molecule has 0 bridgehead atoms. The van der Waals surface area contributed by atoms with Gasteiger partial charge in [-0.1, -0.05) is 42.0 Å². The summed E-state index contributed by atoms with van der Waals surface area (Å²) in [6.07, 6.45) is 5.02. The maximum atomic E-state index is 13.2. The molecule has 0 amide bonds. The monoisotopic (exact) mass is 475 g/mol. The van der Waals surface area contributed by atoms with Crippen LogP contribution >= 0.6 is 0 Å². The fourth-order valence-corrected chi connectivity index (χ4v) is 6.20. The number of aryl methyl sites for hydroxylation is 2. The van der Waals surface area contributed by atoms with E-state index in [2.05, 4.69) is 22.2 Å². The normalized spacial score (nSPS) is 20.8. The number of fused-ring (bicyclic) bond motifs is 3. The Hall–Kier alpha value is -3.65. The minimum absolute atomic E-state index is 0.0248. The van der Waals surface area contributed by atoms with Crippen LogP contribution in [-0.2, 0) is 10.0 Å². The molecule has 0 spiro atoms. The SMILES string of the molecule is Cc1ccc(NS(=O)(=O)c2ccc3c(c2)[C@H]2C=CC[C@H]2[C@@H](c2cccc([N+](=O)[O-])c2)N3)c(C)c1. The predicted molar refractivity (Wildman–Crippen MR) is 133 cm³/mol. The molecule has 3 aromatic rings. The Labute approximate surface area is 198 Å². The highest BCUT2D eigenvalue weighted by Gasteiger charge is 2.38. The number of hydrogen-bond acceptors (Lipinski definition) is 5. The van der Waals surface area contributed by atoms with Crippen LogP contribution in [0.1, 0.15) is 40.6 Å². The van der Waals surface area contributed by atoms with Crippen LogP contribution in [-0.4, -0.2) is 13.3 Å². The van der Waals surface area contributed by atoms with Gasteiger partial charge in [0.25, 0.3) is 15.7 Å². The Kier molecular flexibility index (Phi) is 5.40. The van der Waals surface area contributed by atoms with Crippen molar-refractivity contribution in [3.05, 3.63) is 105 Å². The van der Waals surface area contributed by atoms with Crippen LogP contribution in [0.3, 0.4) is 0 Å². The summed E-state index contributed by atoms with van der Waals surface area (Å²) in [5.41, 5.74) is 5.17. The van der Waals surface area contributed by atoms with Crippen molar-refractivity contribution in [2.24, 2.45) is 5.92 Å². The zero-order valence-corrected chi connectivity index (χ0v) is 19.7. The lowest BCUT2D eigenvalue weighted by Crippen LogP contribution is -2.29. The van der Waals surface area contributed by atoms with Gasteiger partial charge in [0.1, 0.15) is 0 Å². The summed E-state index contributed by atoms with van der Waals surface area (Å²) in [5, 5.41) is 14.8. The minimum atomic E-state index is -3.77. The van der Waals surface area contributed by atoms with E-state index in [1.54, 1.807) is 36.4 Å². The number of rotatable bonds is 5. The molecule has 8 heteroatoms. The number of allylic oxidation sites excluding steroid dienone is 2. The molecule has 34 heavy (non-hydrogen) atoms. The lowest BCUT2D eigenvalue weighted by molar-refractivity contribution is -0.384. The summed E-state index contributed by atoms with van der Waals surface area (Å²) >= 11 is 0. The van der Waals surface area contributed by atoms with Gasteiger partial charge in [0, 0.05) is 23.7 Å². The summed E-state index contributed by atoms with van der Waals surface area (Å²) in [4.78, 5) is 11.1. The summed E-state index contributed by atoms with van der Waals surface area (Å²) in [6, 6.07) is 17.3. The summed E-state index contributed by atoms with van der Waals surface area (Å²) in [7, 11) is -3.77. The van der Waals surface area contributed by atoms with Gasteiger partial charge in [0.2, 0.25) is 0 Å². The molecular formula is C26H25N3O4S. The second-order valence-corrected chi connectivity index (χ2v) is 10.7. The Morgan fingerprint density at radius 1 is 1.06 bits per heavy atom. The average molecular weight is 476 g/mol. The van der Waals surface area contributed by atoms with Gasteiger partial charge < -0.3 is 5.32 Å². The fourth-order valence-electron chi connectivity index (χ4n) is 5.03. The van der Waals surface area contributed by atoms with Gasteiger partial charge in [-0.05, 0) is 67.1 Å². The first-order valence-electron chi connectivity index (χ1n) is 11.1. The van der Waals surface area contributed by atoms with Crippen molar-refractivity contribution in [1.82, 2.24) is 0 Å². The topological polar surface area (TPSA) is 101 Å². The maximum Gasteiger partial charge on any atom is 0.269 e. The molecule has 1 aliphatic carbocycles. The van der Waals surface area contributed by atoms with Gasteiger partial charge >= 0.3 is 0 Å². The van der Waals surface area contributed by atoms with E-state index in [0.717, 1.165) is 34.4 Å². The molecule has 7 nitrogen and oxygen atoms in total. The third-order valence-corrected chi connectivity index (χ3v) is 8.07. The molecular weight excluding hydrogens is 450 g/mol. The maximum absolute atomic E-state index is 13.2. The van der Waals surface area contributed by atoms with Gasteiger partial charge in [0.05, 0.1) is 21.5 Å². The molecule has 1 aliphatic heterocycles. The first-order chi connectivity index (χ1) is 16.2. The van der Waals surface area contributed by atoms with E-state index in [1.807, 2.05) is 32.0 Å². The summed E-state index contributed by atoms with van der Waals surface area (Å²) in [6.45, 7) is 3.85. The molecule has 2 aliphatic rings. The van der Waals surface area contributed by atoms with E-state index in [1.165, 1.54) is 6.07 Å². The van der Waals surface area contributed by atoms with Gasteiger partial charge in [0.15, 0.2) is 0 Å². The van der Waals surface area contributed by atoms with E-state index in [0.29, 0.717) is 5.69 Å². The van der Waals surface area contributed by atoms with E-state index in [9.17, 15) is 18.5 Å². The van der Waals surface area contributed by atoms with Crippen molar-refractivity contribution in [3.8, 4) is 0 Å². The van der Waals surface area contributed by atoms with Crippen molar-refractivity contribution in [2.45, 2.75) is 37.1 Å². The van der Waals surface area contributed by atoms with Gasteiger partial charge in [-0.2, -0.15) is 0 Å². The molecule has 0 radical (unpaired) electrons. The second kappa shape index (κ2) is 8.29. The molecule has 1 heterocycles. The van der Waals surface area contributed by atoms with E-state index in [4.69, 9.17) is 0 Å². The first kappa shape index (κ1) is 22.2. The van der Waals surface area contributed by atoms with Crippen molar-refractivity contribution in [2.75, 3.05) is 10.0 Å². The highest BCUT2D eigenvalue weighted by Crippen LogP contribution is 2.50. The Morgan fingerprint density at radius 3 is 2.65 bits per heavy atom. The van der Waals surface area contributed by atoms with Gasteiger partial charge in [-0.25, -0.2) is 8.42 Å². The molecule has 0 saturated carbocycles. The molecule has 0 saturated heterocycles. The van der Waals surface area contributed by atoms with Crippen LogP contribution in [0.2, 0.25) is 0 Å². The third kappa shape index (κ3) is 3.94. The fraction of sp³-hybridized carbons (Fsp3) is 0.231. The quantitative estimate of drug-likeness (QED) is 0.274. The number of non-ortho nitro benzene ring substituents is 1. The van der Waals surface area contributed by atoms with Crippen molar-refractivity contribution in [3.63, 3.8) is 0 Å². The third-order valence-electron chi connectivity index (χ3n) is 6.71. The molecule has 5 rings (SSSR count). The minimum Gasteiger partial charge on any atom is -0.378 e. The lowest BCUT2D eigenvalue weighted by Gasteiger charge is -2.37. The molecule has 3 atom stereocenters. The predicted octanol–water partition coefficient (Wildman–Crippen LogP) is 5.84. The first-order valence-corrected chi connectivity index (χ1v) is 12.6. The number of anilines is 2. The van der Waals surface area contributed by atoms with E-state index >= 15 is 0 Å². The standard InChI is InChI=1S/C26H25N3O4S/c1-16-9-11-24(17(2)13-16)28-34(32,33)20-10-12-25-23(15-20)21-7-4-8-22(21)26(27-25)18-5-3-6-19(14-18)29(30)31/h3-7,9-15,21-22,26-28H,8H2,1-2H3/t21-,22+,26+/m0/s1. The number of nitro groups is 1. The van der Waals surface area contributed by atoms with Crippen LogP contribution in [0.5, 0.6) is 0 Å². The van der Waals surface area contributed by atoms with E-state index < -0.39 is 10.0 Å². The Bertz CT molecular complexity index is 1430. The van der Waals surface area contributed by atoms with Crippen LogP contribution < -0.4 is 10.0 Å². The highest BCUT2D eigenvalue weighted by atomic mass is 32.2. The van der Waals surface area contributed by atoms with Gasteiger partial charge in [-0.3, -0.25) is 14.8 Å². The van der Waals surface area contributed by atoms with Crippen molar-refractivity contribution < 1.29 is 13.3 Å². The Morgan fingerprint density at radius 2 is 1.88 bits per heavy atom. The zero-order valence-electron chi connectivity index (χ0n) is 18.9. The van der Waals surface area contributed by atoms with Crippen LogP contribution in [0.25, 0.3) is 0 Å². The second-order valence-electron chi connectivity index (χ2n) is 9.00. The van der Waals surface area contributed by atoms with E-state index in [-0.39, 0.29) is 33.4 Å². The van der Waals surface area contributed by atoms with Crippen LogP contribution in [0.4, 0.5) is 17.1 Å². The largest absolute Gasteiger partial charge is 0.378 e. The molecule has 2 N–H and O–H groups in total. The number of nitrogens with zero attached hydrogens (tertiary/aromatic N) is 1. The highest BCUT2D eigenvalue weighted by molar-refractivity contribution is 7.92. The smallest absolute Gasteiger partial charge is 0.269 e. The van der Waals surface area contributed by atoms with Crippen molar-refractivity contribution >= 4 is 27.1 Å². The number of hydrogen-bond donors (Lipinski definition) is 2. The number of nitro benzene ring substituents is 1. The summed E-state index contributed by atoms with van der Waals surface area (Å²) in [5.74, 6) is 0.163. The van der Waals surface area contributed by atoms with Crippen LogP contribution in [0.15, 0.2) is 77.7 Å². The summed E-state index contributed by atoms with van der Waals surface area (Å²) < 4.78 is 29.1.